The number of fused-ring (bicyclic) bond motifs is 1. The van der Waals surface area contributed by atoms with Gasteiger partial charge in [0.15, 0.2) is 12.4 Å². The van der Waals surface area contributed by atoms with E-state index in [1.54, 1.807) is 36.4 Å². The molecule has 0 aliphatic carbocycles. The molecular weight excluding hydrogens is 535 g/mol. The lowest BCUT2D eigenvalue weighted by Gasteiger charge is -2.12. The van der Waals surface area contributed by atoms with Gasteiger partial charge >= 0.3 is 6.18 Å². The number of carbonyl (C=O) groups excluding carboxylic acids is 1. The van der Waals surface area contributed by atoms with Gasteiger partial charge in [-0.1, -0.05) is 24.3 Å². The fourth-order valence-electron chi connectivity index (χ4n) is 4.53. The molecule has 0 atom stereocenters. The van der Waals surface area contributed by atoms with Gasteiger partial charge in [-0.3, -0.25) is 9.59 Å². The Balaban J connectivity index is 1.57. The molecule has 11 heteroatoms. The predicted molar refractivity (Wildman–Crippen MR) is 149 cm³/mol. The van der Waals surface area contributed by atoms with Crippen LogP contribution >= 0.6 is 0 Å². The van der Waals surface area contributed by atoms with Gasteiger partial charge < -0.3 is 15.0 Å². The van der Waals surface area contributed by atoms with Crippen molar-refractivity contribution >= 4 is 23.0 Å². The van der Waals surface area contributed by atoms with Crippen molar-refractivity contribution in [1.29, 1.82) is 0 Å². The lowest BCUT2D eigenvalue weighted by molar-refractivity contribution is -0.137. The summed E-state index contributed by atoms with van der Waals surface area (Å²) in [7, 11) is 0. The minimum absolute atomic E-state index is 0.0172. The molecule has 0 saturated heterocycles. The predicted octanol–water partition coefficient (Wildman–Crippen LogP) is 5.24. The molecule has 2 heterocycles. The summed E-state index contributed by atoms with van der Waals surface area (Å²) in [6.07, 6.45) is -3.08. The van der Waals surface area contributed by atoms with Gasteiger partial charge in [0.2, 0.25) is 0 Å². The van der Waals surface area contributed by atoms with Crippen molar-refractivity contribution in [3.05, 3.63) is 112 Å². The van der Waals surface area contributed by atoms with Gasteiger partial charge in [0.25, 0.3) is 11.5 Å². The molecule has 208 valence electrons. The molecule has 0 saturated carbocycles. The van der Waals surface area contributed by atoms with E-state index >= 15 is 0 Å². The van der Waals surface area contributed by atoms with Crippen LogP contribution in [0.15, 0.2) is 88.8 Å². The van der Waals surface area contributed by atoms with E-state index in [1.165, 1.54) is 18.3 Å². The summed E-state index contributed by atoms with van der Waals surface area (Å²) in [6, 6.07) is 20.2. The molecule has 2 N–H and O–H groups in total. The van der Waals surface area contributed by atoms with Crippen LogP contribution in [0.3, 0.4) is 0 Å². The molecule has 0 aliphatic heterocycles. The molecule has 5 aromatic rings. The summed E-state index contributed by atoms with van der Waals surface area (Å²) in [6.45, 7) is 3.55. The monoisotopic (exact) mass is 559 g/mol. The lowest BCUT2D eigenvalue weighted by atomic mass is 10.1. The van der Waals surface area contributed by atoms with Crippen LogP contribution in [0, 0.1) is 13.8 Å². The summed E-state index contributed by atoms with van der Waals surface area (Å²) in [5.41, 5.74) is 7.38. The standard InChI is InChI=1S/C30H24F3N5O3/c1-18-14-21(19(2)37(18)23-10-12-24(13-11-23)41-17-27(34)39)16-35-38-28(20-6-5-7-22(15-20)30(31,32)33)36-26-9-4-3-8-25(26)29(38)40/h3-16H,17H2,1-2H3,(H2,34,39). The zero-order valence-corrected chi connectivity index (χ0v) is 22.0. The molecule has 3 aromatic carbocycles. The van der Waals surface area contributed by atoms with E-state index in [-0.39, 0.29) is 23.4 Å². The first-order valence-corrected chi connectivity index (χ1v) is 12.5. The first kappa shape index (κ1) is 27.4. The van der Waals surface area contributed by atoms with Crippen molar-refractivity contribution in [2.45, 2.75) is 20.0 Å². The molecule has 0 aliphatic rings. The maximum atomic E-state index is 13.5. The smallest absolute Gasteiger partial charge is 0.416 e. The Morgan fingerprint density at radius 1 is 1.02 bits per heavy atom. The Morgan fingerprint density at radius 2 is 1.76 bits per heavy atom. The van der Waals surface area contributed by atoms with E-state index in [1.807, 2.05) is 36.6 Å². The van der Waals surface area contributed by atoms with Gasteiger partial charge in [-0.2, -0.15) is 22.9 Å². The Kier molecular flexibility index (Phi) is 7.19. The Morgan fingerprint density at radius 3 is 2.46 bits per heavy atom. The molecule has 1 amide bonds. The summed E-state index contributed by atoms with van der Waals surface area (Å²) < 4.78 is 48.7. The molecule has 0 spiro atoms. The second kappa shape index (κ2) is 10.8. The number of primary amides is 1. The molecule has 0 radical (unpaired) electrons. The van der Waals surface area contributed by atoms with Crippen LogP contribution in [0.2, 0.25) is 0 Å². The summed E-state index contributed by atoms with van der Waals surface area (Å²) in [5, 5.41) is 4.70. The maximum Gasteiger partial charge on any atom is 0.416 e. The van der Waals surface area contributed by atoms with Crippen molar-refractivity contribution < 1.29 is 22.7 Å². The van der Waals surface area contributed by atoms with Gasteiger partial charge in [-0.05, 0) is 68.4 Å². The van der Waals surface area contributed by atoms with Crippen LogP contribution in [0.4, 0.5) is 13.2 Å². The molecule has 2 aromatic heterocycles. The third-order valence-electron chi connectivity index (χ3n) is 6.46. The second-order valence-electron chi connectivity index (χ2n) is 9.30. The Labute approximate surface area is 232 Å². The van der Waals surface area contributed by atoms with E-state index in [0.29, 0.717) is 16.8 Å². The summed E-state index contributed by atoms with van der Waals surface area (Å²) in [5.74, 6) is -0.106. The average Bonchev–Trinajstić information content (AvgIpc) is 3.23. The fraction of sp³-hybridized carbons (Fsp3) is 0.133. The first-order chi connectivity index (χ1) is 19.5. The molecule has 0 fully saturated rings. The normalized spacial score (nSPS) is 11.8. The number of benzene rings is 3. The van der Waals surface area contributed by atoms with Crippen molar-refractivity contribution in [3.63, 3.8) is 0 Å². The Hall–Kier alpha value is -5.19. The number of rotatable bonds is 7. The van der Waals surface area contributed by atoms with E-state index in [0.717, 1.165) is 33.9 Å². The van der Waals surface area contributed by atoms with Crippen molar-refractivity contribution in [2.24, 2.45) is 10.8 Å². The van der Waals surface area contributed by atoms with Crippen LogP contribution in [0.1, 0.15) is 22.5 Å². The van der Waals surface area contributed by atoms with E-state index < -0.39 is 23.2 Å². The zero-order chi connectivity index (χ0) is 29.3. The molecule has 41 heavy (non-hydrogen) atoms. The molecule has 8 nitrogen and oxygen atoms in total. The minimum Gasteiger partial charge on any atom is -0.484 e. The number of nitrogens with zero attached hydrogens (tertiary/aromatic N) is 4. The molecular formula is C30H24F3N5O3. The SMILES string of the molecule is Cc1cc(C=Nn2c(-c3cccc(C(F)(F)F)c3)nc3ccccc3c2=O)c(C)n1-c1ccc(OCC(N)=O)cc1. The molecule has 0 unspecified atom stereocenters. The molecule has 5 rings (SSSR count). The number of aryl methyl sites for hydroxylation is 1. The number of carbonyl (C=O) groups is 1. The van der Waals surface area contributed by atoms with Crippen LogP contribution < -0.4 is 16.0 Å². The number of aromatic nitrogens is 3. The number of halogens is 3. The second-order valence-corrected chi connectivity index (χ2v) is 9.30. The highest BCUT2D eigenvalue weighted by Crippen LogP contribution is 2.32. The van der Waals surface area contributed by atoms with Gasteiger partial charge in [-0.15, -0.1) is 0 Å². The largest absolute Gasteiger partial charge is 0.484 e. The first-order valence-electron chi connectivity index (χ1n) is 12.5. The number of alkyl halides is 3. The highest BCUT2D eigenvalue weighted by molar-refractivity contribution is 5.83. The Bertz CT molecular complexity index is 1850. The number of ether oxygens (including phenoxy) is 1. The number of nitrogens with two attached hydrogens (primary N) is 1. The molecule has 0 bridgehead atoms. The highest BCUT2D eigenvalue weighted by atomic mass is 19.4. The van der Waals surface area contributed by atoms with Crippen molar-refractivity contribution in [3.8, 4) is 22.8 Å². The third kappa shape index (κ3) is 5.60. The van der Waals surface area contributed by atoms with E-state index in [2.05, 4.69) is 10.1 Å². The van der Waals surface area contributed by atoms with Crippen LogP contribution in [0.25, 0.3) is 28.0 Å². The quantitative estimate of drug-likeness (QED) is 0.276. The van der Waals surface area contributed by atoms with E-state index in [4.69, 9.17) is 10.5 Å². The van der Waals surface area contributed by atoms with Crippen LogP contribution in [-0.2, 0) is 11.0 Å². The minimum atomic E-state index is -4.56. The highest BCUT2D eigenvalue weighted by Gasteiger charge is 2.31. The van der Waals surface area contributed by atoms with Crippen molar-refractivity contribution in [1.82, 2.24) is 14.2 Å². The average molecular weight is 560 g/mol. The summed E-state index contributed by atoms with van der Waals surface area (Å²) in [4.78, 5) is 28.9. The number of para-hydroxylation sites is 1. The van der Waals surface area contributed by atoms with Crippen LogP contribution in [-0.4, -0.2) is 33.0 Å². The van der Waals surface area contributed by atoms with Crippen LogP contribution in [0.5, 0.6) is 5.75 Å². The van der Waals surface area contributed by atoms with Gasteiger partial charge in [0.05, 0.1) is 22.7 Å². The maximum absolute atomic E-state index is 13.5. The van der Waals surface area contributed by atoms with E-state index in [9.17, 15) is 22.8 Å². The number of hydrogen-bond acceptors (Lipinski definition) is 5. The third-order valence-corrected chi connectivity index (χ3v) is 6.46. The topological polar surface area (TPSA) is 104 Å². The number of amides is 1. The summed E-state index contributed by atoms with van der Waals surface area (Å²) >= 11 is 0. The van der Waals surface area contributed by atoms with Gasteiger partial charge in [0, 0.05) is 28.2 Å². The fourth-order valence-corrected chi connectivity index (χ4v) is 4.53. The van der Waals surface area contributed by atoms with Gasteiger partial charge in [-0.25, -0.2) is 4.98 Å². The van der Waals surface area contributed by atoms with Gasteiger partial charge in [0.1, 0.15) is 5.75 Å². The number of hydrogen-bond donors (Lipinski definition) is 1. The lowest BCUT2D eigenvalue weighted by Crippen LogP contribution is -2.20. The zero-order valence-electron chi connectivity index (χ0n) is 22.0. The van der Waals surface area contributed by atoms with Crippen molar-refractivity contribution in [2.75, 3.05) is 6.61 Å².